The summed E-state index contributed by atoms with van der Waals surface area (Å²) in [5.74, 6) is -0.239. The summed E-state index contributed by atoms with van der Waals surface area (Å²) in [5, 5.41) is 7.59. The maximum atomic E-state index is 12.7. The highest BCUT2D eigenvalue weighted by Gasteiger charge is 2.36. The zero-order valence-electron chi connectivity index (χ0n) is 13.9. The summed E-state index contributed by atoms with van der Waals surface area (Å²) in [6.45, 7) is 1.22. The lowest BCUT2D eigenvalue weighted by Crippen LogP contribution is -2.38. The average Bonchev–Trinajstić information content (AvgIpc) is 3.11. The van der Waals surface area contributed by atoms with Gasteiger partial charge in [-0.25, -0.2) is 8.42 Å². The summed E-state index contributed by atoms with van der Waals surface area (Å²) < 4.78 is 23.3. The van der Waals surface area contributed by atoms with Gasteiger partial charge in [-0.15, -0.1) is 0 Å². The second kappa shape index (κ2) is 6.29. The Morgan fingerprint density at radius 2 is 1.92 bits per heavy atom. The van der Waals surface area contributed by atoms with Crippen LogP contribution >= 0.6 is 0 Å². The predicted molar refractivity (Wildman–Crippen MR) is 94.8 cm³/mol. The first-order chi connectivity index (χ1) is 12.0. The molecule has 1 unspecified atom stereocenters. The summed E-state index contributed by atoms with van der Waals surface area (Å²) in [5.41, 5.74) is 4.27. The smallest absolute Gasteiger partial charge is 0.226 e. The van der Waals surface area contributed by atoms with Gasteiger partial charge in [0, 0.05) is 36.3 Å². The van der Waals surface area contributed by atoms with Crippen molar-refractivity contribution in [3.05, 3.63) is 41.6 Å². The Bertz CT molecular complexity index is 890. The maximum Gasteiger partial charge on any atom is 0.226 e. The number of carbonyl (C=O) groups is 1. The summed E-state index contributed by atoms with van der Waals surface area (Å²) in [4.78, 5) is 14.5. The van der Waals surface area contributed by atoms with Gasteiger partial charge in [0.05, 0.1) is 23.1 Å². The number of aromatic nitrogens is 2. The van der Waals surface area contributed by atoms with Crippen molar-refractivity contribution in [3.63, 3.8) is 0 Å². The van der Waals surface area contributed by atoms with Crippen molar-refractivity contribution in [2.24, 2.45) is 5.92 Å². The average molecular weight is 359 g/mol. The third-order valence-corrected chi connectivity index (χ3v) is 6.92. The number of nitrogens with one attached hydrogen (secondary N) is 1. The lowest BCUT2D eigenvalue weighted by molar-refractivity contribution is -0.134. The number of rotatable bonds is 2. The van der Waals surface area contributed by atoms with Gasteiger partial charge in [0.25, 0.3) is 0 Å². The van der Waals surface area contributed by atoms with Crippen LogP contribution in [0.5, 0.6) is 0 Å². The SMILES string of the molecule is O=C(C1CCS(=O)(=O)C1)N1CCc2[nH]nc(-c3ccccc3)c2CC1. The van der Waals surface area contributed by atoms with E-state index in [4.69, 9.17) is 0 Å². The highest BCUT2D eigenvalue weighted by molar-refractivity contribution is 7.91. The number of aromatic amines is 1. The van der Waals surface area contributed by atoms with E-state index in [9.17, 15) is 13.2 Å². The van der Waals surface area contributed by atoms with Crippen LogP contribution < -0.4 is 0 Å². The monoisotopic (exact) mass is 359 g/mol. The molecule has 1 atom stereocenters. The van der Waals surface area contributed by atoms with Gasteiger partial charge in [-0.3, -0.25) is 9.89 Å². The van der Waals surface area contributed by atoms with Gasteiger partial charge in [0.1, 0.15) is 0 Å². The quantitative estimate of drug-likeness (QED) is 0.879. The van der Waals surface area contributed by atoms with Crippen LogP contribution in [-0.4, -0.2) is 54.0 Å². The van der Waals surface area contributed by atoms with Crippen LogP contribution in [0.2, 0.25) is 0 Å². The molecule has 1 amide bonds. The number of carbonyl (C=O) groups excluding carboxylic acids is 1. The maximum absolute atomic E-state index is 12.7. The third-order valence-electron chi connectivity index (χ3n) is 5.16. The molecule has 2 aliphatic heterocycles. The number of hydrogen-bond donors (Lipinski definition) is 1. The topological polar surface area (TPSA) is 83.1 Å². The Kier molecular flexibility index (Phi) is 4.11. The molecule has 1 aromatic heterocycles. The highest BCUT2D eigenvalue weighted by Crippen LogP contribution is 2.28. The lowest BCUT2D eigenvalue weighted by Gasteiger charge is -2.23. The van der Waals surface area contributed by atoms with Crippen molar-refractivity contribution in [2.75, 3.05) is 24.6 Å². The van der Waals surface area contributed by atoms with E-state index in [0.717, 1.165) is 29.8 Å². The number of hydrogen-bond acceptors (Lipinski definition) is 4. The van der Waals surface area contributed by atoms with Crippen molar-refractivity contribution in [2.45, 2.75) is 19.3 Å². The number of nitrogens with zero attached hydrogens (tertiary/aromatic N) is 2. The molecule has 6 nitrogen and oxygen atoms in total. The van der Waals surface area contributed by atoms with Crippen LogP contribution in [0.3, 0.4) is 0 Å². The Morgan fingerprint density at radius 3 is 2.64 bits per heavy atom. The van der Waals surface area contributed by atoms with Gasteiger partial charge in [-0.1, -0.05) is 30.3 Å². The van der Waals surface area contributed by atoms with E-state index in [2.05, 4.69) is 10.2 Å². The molecule has 1 saturated heterocycles. The first kappa shape index (κ1) is 16.3. The summed E-state index contributed by atoms with van der Waals surface area (Å²) in [6, 6.07) is 10.0. The lowest BCUT2D eigenvalue weighted by atomic mass is 10.0. The van der Waals surface area contributed by atoms with E-state index >= 15 is 0 Å². The van der Waals surface area contributed by atoms with Crippen molar-refractivity contribution in [3.8, 4) is 11.3 Å². The van der Waals surface area contributed by atoms with Gasteiger partial charge < -0.3 is 4.90 Å². The molecule has 0 aliphatic carbocycles. The molecule has 4 rings (SSSR count). The first-order valence-electron chi connectivity index (χ1n) is 8.64. The van der Waals surface area contributed by atoms with Crippen LogP contribution in [0, 0.1) is 5.92 Å². The molecule has 1 fully saturated rings. The van der Waals surface area contributed by atoms with E-state index in [1.165, 1.54) is 5.56 Å². The van der Waals surface area contributed by atoms with Gasteiger partial charge >= 0.3 is 0 Å². The highest BCUT2D eigenvalue weighted by atomic mass is 32.2. The molecule has 1 aromatic carbocycles. The molecule has 1 N–H and O–H groups in total. The Hall–Kier alpha value is -2.15. The van der Waals surface area contributed by atoms with Crippen LogP contribution in [-0.2, 0) is 27.5 Å². The van der Waals surface area contributed by atoms with E-state index in [1.807, 2.05) is 35.2 Å². The molecule has 2 aromatic rings. The first-order valence-corrected chi connectivity index (χ1v) is 10.5. The fourth-order valence-electron chi connectivity index (χ4n) is 3.79. The summed E-state index contributed by atoms with van der Waals surface area (Å²) in [6.07, 6.45) is 1.92. The standard InChI is InChI=1S/C18H21N3O3S/c22-18(14-8-11-25(23,24)12-14)21-9-6-15-16(7-10-21)19-20-17(15)13-4-2-1-3-5-13/h1-5,14H,6-12H2,(H,19,20). The fraction of sp³-hybridized carbons (Fsp3) is 0.444. The third kappa shape index (κ3) is 3.20. The van der Waals surface area contributed by atoms with Crippen molar-refractivity contribution in [1.29, 1.82) is 0 Å². The van der Waals surface area contributed by atoms with Gasteiger partial charge in [-0.2, -0.15) is 5.10 Å². The summed E-state index contributed by atoms with van der Waals surface area (Å²) >= 11 is 0. The zero-order valence-corrected chi connectivity index (χ0v) is 14.8. The van der Waals surface area contributed by atoms with Crippen LogP contribution in [0.15, 0.2) is 30.3 Å². The molecule has 3 heterocycles. The number of benzene rings is 1. The number of amides is 1. The minimum atomic E-state index is -3.04. The molecule has 2 aliphatic rings. The van der Waals surface area contributed by atoms with E-state index in [1.54, 1.807) is 0 Å². The molecule has 0 spiro atoms. The predicted octanol–water partition coefficient (Wildman–Crippen LogP) is 1.44. The Labute approximate surface area is 147 Å². The van der Waals surface area contributed by atoms with Gasteiger partial charge in [-0.05, 0) is 12.8 Å². The van der Waals surface area contributed by atoms with Crippen LogP contribution in [0.1, 0.15) is 17.7 Å². The van der Waals surface area contributed by atoms with Crippen molar-refractivity contribution >= 4 is 15.7 Å². The number of fused-ring (bicyclic) bond motifs is 1. The van der Waals surface area contributed by atoms with E-state index < -0.39 is 9.84 Å². The number of H-pyrrole nitrogens is 1. The minimum Gasteiger partial charge on any atom is -0.342 e. The largest absolute Gasteiger partial charge is 0.342 e. The molecule has 7 heteroatoms. The van der Waals surface area contributed by atoms with Crippen LogP contribution in [0.25, 0.3) is 11.3 Å². The van der Waals surface area contributed by atoms with E-state index in [0.29, 0.717) is 19.5 Å². The van der Waals surface area contributed by atoms with Gasteiger partial charge in [0.15, 0.2) is 9.84 Å². The molecule has 132 valence electrons. The summed E-state index contributed by atoms with van der Waals surface area (Å²) in [7, 11) is -3.04. The van der Waals surface area contributed by atoms with Crippen molar-refractivity contribution in [1.82, 2.24) is 15.1 Å². The molecular formula is C18H21N3O3S. The molecule has 0 radical (unpaired) electrons. The van der Waals surface area contributed by atoms with Gasteiger partial charge in [0.2, 0.25) is 5.91 Å². The zero-order chi connectivity index (χ0) is 17.4. The minimum absolute atomic E-state index is 0.00441. The second-order valence-corrected chi connectivity index (χ2v) is 9.05. The second-order valence-electron chi connectivity index (χ2n) is 6.82. The Balaban J connectivity index is 1.51. The molecule has 0 saturated carbocycles. The Morgan fingerprint density at radius 1 is 1.16 bits per heavy atom. The van der Waals surface area contributed by atoms with E-state index in [-0.39, 0.29) is 23.3 Å². The molecular weight excluding hydrogens is 338 g/mol. The molecule has 0 bridgehead atoms. The molecule has 25 heavy (non-hydrogen) atoms. The normalized spacial score (nSPS) is 22.4. The van der Waals surface area contributed by atoms with Crippen LogP contribution in [0.4, 0.5) is 0 Å². The number of sulfone groups is 1. The van der Waals surface area contributed by atoms with Crippen molar-refractivity contribution < 1.29 is 13.2 Å². The fourth-order valence-corrected chi connectivity index (χ4v) is 5.52.